The van der Waals surface area contributed by atoms with Crippen LogP contribution in [0.1, 0.15) is 107 Å². The van der Waals surface area contributed by atoms with E-state index in [2.05, 4.69) is 41.5 Å². The van der Waals surface area contributed by atoms with Gasteiger partial charge in [-0.2, -0.15) is 9.97 Å². The van der Waals surface area contributed by atoms with Crippen LogP contribution in [0, 0.1) is 48.7 Å². The lowest BCUT2D eigenvalue weighted by Crippen LogP contribution is -2.56. The van der Waals surface area contributed by atoms with Gasteiger partial charge < -0.3 is 49.4 Å². The van der Waals surface area contributed by atoms with Gasteiger partial charge in [0.2, 0.25) is 5.91 Å². The number of carbonyl (C=O) groups is 3. The number of phenolic OH excluding ortho intramolecular Hbond substituents is 1. The minimum Gasteiger partial charge on any atom is -0.508 e. The summed E-state index contributed by atoms with van der Waals surface area (Å²) in [5.41, 5.74) is 4.19. The van der Waals surface area contributed by atoms with Crippen molar-refractivity contribution in [1.29, 1.82) is 0 Å². The standard InChI is InChI=1S/C64H68F2N10O9S/c1-6-45-50(65)15-12-38-20-42(77)23-48(54(38)45)56-55(66)57-49(25-67-56)60(74-26-39-13-14-40(27-74)70-39)72-62(71-57)83-31-64-17-7-19-76(64)41(16-18-64)30-82-63(81)75-28-44(29-75)84-52-24-51(85-73-52)53(33(2)3)58(79)46-21-43(78)22-47(46)61(80)69-34(4)36-8-10-37(11-9-36)59-35(5)68-32-86-59/h1,8-12,15,20,23-25,32-34,39-41,43-44,46-47,53,70,77-78H,7,13-14,16-19,21-22,26-31H2,2-5H3,(H,69,80)/t34-,39?,40?,41-,43-,46?,47+,53+,64+/m0/s1. The Balaban J connectivity index is 0.629. The van der Waals surface area contributed by atoms with E-state index in [-0.39, 0.29) is 126 Å². The number of carbonyl (C=O) groups excluding carboxylic acids is 3. The predicted octanol–water partition coefficient (Wildman–Crippen LogP) is 9.02. The number of aryl methyl sites for hydroxylation is 1. The van der Waals surface area contributed by atoms with Crippen LogP contribution in [0.3, 0.4) is 0 Å². The highest BCUT2D eigenvalue weighted by Crippen LogP contribution is 2.45. The summed E-state index contributed by atoms with van der Waals surface area (Å²) in [5.74, 6) is -1.17. The molecule has 86 heavy (non-hydrogen) atoms. The quantitative estimate of drug-likeness (QED) is 0.0623. The number of benzene rings is 3. The van der Waals surface area contributed by atoms with Crippen molar-refractivity contribution in [2.45, 2.75) is 127 Å². The minimum absolute atomic E-state index is 0.00184. The van der Waals surface area contributed by atoms with Crippen LogP contribution in [0.25, 0.3) is 43.4 Å². The van der Waals surface area contributed by atoms with E-state index < -0.39 is 53.2 Å². The van der Waals surface area contributed by atoms with Gasteiger partial charge in [0, 0.05) is 60.3 Å². The summed E-state index contributed by atoms with van der Waals surface area (Å²) in [6.07, 6.45) is 11.2. The van der Waals surface area contributed by atoms with E-state index >= 15 is 8.78 Å². The molecule has 6 aliphatic rings. The zero-order chi connectivity index (χ0) is 59.7. The molecule has 22 heteroatoms. The van der Waals surface area contributed by atoms with E-state index in [1.165, 1.54) is 30.5 Å². The molecule has 9 heterocycles. The number of aromatic hydroxyl groups is 1. The van der Waals surface area contributed by atoms with Gasteiger partial charge >= 0.3 is 12.1 Å². The number of thiazole rings is 1. The molecular formula is C64H68F2N10O9S. The number of ether oxygens (including phenoxy) is 3. The minimum atomic E-state index is -0.810. The monoisotopic (exact) mass is 1190 g/mol. The summed E-state index contributed by atoms with van der Waals surface area (Å²) in [4.78, 5) is 67.5. The number of nitrogens with zero attached hydrogens (tertiary/aromatic N) is 8. The fourth-order valence-corrected chi connectivity index (χ4v) is 15.2. The van der Waals surface area contributed by atoms with Gasteiger partial charge in [-0.25, -0.2) is 18.6 Å². The van der Waals surface area contributed by atoms with Crippen molar-refractivity contribution in [3.8, 4) is 51.7 Å². The first-order chi connectivity index (χ1) is 41.5. The van der Waals surface area contributed by atoms with Crippen molar-refractivity contribution in [1.82, 2.24) is 45.5 Å². The number of terminal acetylenes is 1. The Kier molecular flexibility index (Phi) is 15.4. The summed E-state index contributed by atoms with van der Waals surface area (Å²) in [7, 11) is 0. The maximum Gasteiger partial charge on any atom is 0.410 e. The lowest BCUT2D eigenvalue weighted by Gasteiger charge is -2.38. The number of ketones is 1. The highest BCUT2D eigenvalue weighted by molar-refractivity contribution is 7.13. The molecule has 5 saturated heterocycles. The molecule has 3 aromatic carbocycles. The Labute approximate surface area is 499 Å². The van der Waals surface area contributed by atoms with Crippen molar-refractivity contribution in [3.05, 3.63) is 101 Å². The highest BCUT2D eigenvalue weighted by atomic mass is 32.1. The van der Waals surface area contributed by atoms with E-state index in [0.29, 0.717) is 35.4 Å². The summed E-state index contributed by atoms with van der Waals surface area (Å²) < 4.78 is 56.8. The molecular weight excluding hydrogens is 1120 g/mol. The SMILES string of the molecule is C#Cc1c(F)ccc2cc(O)cc(-c3ncc4c(N5CC6CCC(C5)N6)nc(OC[C@]56CCCN5[C@H](COC(=O)N5CC(Oc7cc([C@H](C(=O)C8C[C@H](O)C[C@H]8C(=O)N[C@@H](C)c8ccc(-c9scnc9C)cc8)C(C)C)on7)C5)CC6)nc4c3F)c12. The molecule has 4 aromatic heterocycles. The lowest BCUT2D eigenvalue weighted by molar-refractivity contribution is -0.134. The van der Waals surface area contributed by atoms with E-state index in [9.17, 15) is 24.6 Å². The molecule has 0 radical (unpaired) electrons. The van der Waals surface area contributed by atoms with Gasteiger partial charge in [0.15, 0.2) is 11.6 Å². The molecule has 2 amide bonds. The van der Waals surface area contributed by atoms with Gasteiger partial charge in [-0.15, -0.1) is 17.8 Å². The topological polar surface area (TPSA) is 231 Å². The molecule has 1 saturated carbocycles. The number of pyridine rings is 1. The number of likely N-dealkylation sites (tertiary alicyclic amines) is 1. The maximum absolute atomic E-state index is 17.3. The second-order valence-electron chi connectivity index (χ2n) is 24.6. The van der Waals surface area contributed by atoms with Crippen LogP contribution < -0.4 is 25.0 Å². The summed E-state index contributed by atoms with van der Waals surface area (Å²) in [6.45, 7) is 10.6. The number of aliphatic hydroxyl groups is 1. The largest absolute Gasteiger partial charge is 0.508 e. The van der Waals surface area contributed by atoms with Crippen molar-refractivity contribution in [3.63, 3.8) is 0 Å². The third-order valence-electron chi connectivity index (χ3n) is 18.7. The number of piperazine rings is 1. The number of aliphatic hydroxyl groups excluding tert-OH is 1. The van der Waals surface area contributed by atoms with Crippen molar-refractivity contribution < 1.29 is 52.1 Å². The van der Waals surface area contributed by atoms with Gasteiger partial charge in [0.05, 0.1) is 69.6 Å². The number of anilines is 1. The molecule has 3 unspecified atom stereocenters. The number of hydrogen-bond acceptors (Lipinski definition) is 18. The molecule has 2 bridgehead atoms. The van der Waals surface area contributed by atoms with Crippen LogP contribution >= 0.6 is 11.3 Å². The molecule has 9 atom stereocenters. The number of hydrogen-bond donors (Lipinski definition) is 4. The predicted molar refractivity (Wildman–Crippen MR) is 317 cm³/mol. The van der Waals surface area contributed by atoms with E-state index in [4.69, 9.17) is 35.1 Å². The van der Waals surface area contributed by atoms with Gasteiger partial charge in [-0.1, -0.05) is 50.1 Å². The van der Waals surface area contributed by atoms with Gasteiger partial charge in [-0.3, -0.25) is 19.5 Å². The van der Waals surface area contributed by atoms with E-state index in [0.717, 1.165) is 66.8 Å². The van der Waals surface area contributed by atoms with Crippen LogP contribution in [-0.4, -0.2) is 145 Å². The molecule has 1 aliphatic carbocycles. The normalized spacial score (nSPS) is 24.5. The average molecular weight is 1190 g/mol. The van der Waals surface area contributed by atoms with Crippen LogP contribution in [0.5, 0.6) is 17.6 Å². The fraction of sp³-hybridized carbons (Fsp3) is 0.469. The summed E-state index contributed by atoms with van der Waals surface area (Å²) >= 11 is 1.58. The molecule has 19 nitrogen and oxygen atoms in total. The van der Waals surface area contributed by atoms with Crippen LogP contribution in [0.4, 0.5) is 19.4 Å². The Morgan fingerprint density at radius 3 is 2.50 bits per heavy atom. The molecule has 448 valence electrons. The molecule has 4 N–H and O–H groups in total. The zero-order valence-corrected chi connectivity index (χ0v) is 49.1. The molecule has 7 aromatic rings. The Morgan fingerprint density at radius 2 is 1.76 bits per heavy atom. The number of Topliss-reactive ketones (excluding diaryl/α,β-unsaturated/α-hetero) is 1. The number of aromatic nitrogens is 5. The number of fused-ring (bicyclic) bond motifs is 5. The van der Waals surface area contributed by atoms with Crippen molar-refractivity contribution >= 4 is 56.6 Å². The molecule has 6 fully saturated rings. The first-order valence-corrected chi connectivity index (χ1v) is 30.7. The Bertz CT molecular complexity index is 3800. The fourth-order valence-electron chi connectivity index (χ4n) is 14.3. The number of phenols is 1. The van der Waals surface area contributed by atoms with Gasteiger partial charge in [0.25, 0.3) is 5.88 Å². The second-order valence-corrected chi connectivity index (χ2v) is 25.4. The van der Waals surface area contributed by atoms with Gasteiger partial charge in [-0.05, 0) is 118 Å². The number of halogens is 2. The highest BCUT2D eigenvalue weighted by Gasteiger charge is 2.51. The second kappa shape index (κ2) is 23.1. The van der Waals surface area contributed by atoms with Gasteiger partial charge in [0.1, 0.15) is 53.7 Å². The first kappa shape index (κ1) is 57.2. The smallest absolute Gasteiger partial charge is 0.410 e. The van der Waals surface area contributed by atoms with Crippen LogP contribution in [-0.2, 0) is 14.3 Å². The third kappa shape index (κ3) is 10.7. The maximum atomic E-state index is 17.3. The zero-order valence-electron chi connectivity index (χ0n) is 48.3. The van der Waals surface area contributed by atoms with Crippen LogP contribution in [0.2, 0.25) is 0 Å². The van der Waals surface area contributed by atoms with E-state index in [1.807, 2.05) is 57.5 Å². The average Bonchev–Trinajstić information content (AvgIpc) is 1.37. The number of rotatable bonds is 17. The molecule has 0 spiro atoms. The summed E-state index contributed by atoms with van der Waals surface area (Å²) in [5, 5.41) is 33.5. The number of nitrogens with one attached hydrogen (secondary N) is 2. The van der Waals surface area contributed by atoms with Crippen molar-refractivity contribution in [2.75, 3.05) is 50.8 Å². The van der Waals surface area contributed by atoms with E-state index in [1.54, 1.807) is 22.3 Å². The van der Waals surface area contributed by atoms with Crippen molar-refractivity contribution in [2.24, 2.45) is 17.8 Å². The summed E-state index contributed by atoms with van der Waals surface area (Å²) in [6, 6.07) is 15.1. The Hall–Kier alpha value is -7.84. The molecule has 13 rings (SSSR count). The third-order valence-corrected chi connectivity index (χ3v) is 19.7. The molecule has 5 aliphatic heterocycles. The first-order valence-electron chi connectivity index (χ1n) is 29.8. The number of amides is 2. The Morgan fingerprint density at radius 1 is 0.977 bits per heavy atom. The lowest BCUT2D eigenvalue weighted by atomic mass is 9.79. The van der Waals surface area contributed by atoms with Crippen LogP contribution in [0.15, 0.2) is 70.8 Å².